The van der Waals surface area contributed by atoms with Crippen LogP contribution in [0.1, 0.15) is 12.8 Å². The highest BCUT2D eigenvalue weighted by atomic mass is 79.9. The lowest BCUT2D eigenvalue weighted by molar-refractivity contribution is -0.788. The molecule has 1 fully saturated rings. The summed E-state index contributed by atoms with van der Waals surface area (Å²) in [4.78, 5) is 8.98. The predicted octanol–water partition coefficient (Wildman–Crippen LogP) is 1.67. The average Bonchev–Trinajstić information content (AvgIpc) is 2.59. The quantitative estimate of drug-likeness (QED) is 0.600. The molecular weight excluding hydrogens is 256 g/mol. The molecule has 1 unspecified atom stereocenters. The molecule has 0 amide bonds. The Balaban J connectivity index is 1.78. The average molecular weight is 268 g/mol. The summed E-state index contributed by atoms with van der Waals surface area (Å²) in [7, 11) is 0. The van der Waals surface area contributed by atoms with Crippen molar-refractivity contribution in [1.29, 1.82) is 0 Å². The summed E-state index contributed by atoms with van der Waals surface area (Å²) in [6.07, 6.45) is 11.8. The summed E-state index contributed by atoms with van der Waals surface area (Å²) in [5, 5.41) is 0. The fourth-order valence-corrected chi connectivity index (χ4v) is 2.90. The number of alkyl halides is 1. The van der Waals surface area contributed by atoms with Crippen LogP contribution in [0.25, 0.3) is 0 Å². The van der Waals surface area contributed by atoms with Gasteiger partial charge in [0.25, 0.3) is 0 Å². The molecule has 0 aromatic carbocycles. The lowest BCUT2D eigenvalue weighted by Crippen LogP contribution is -2.59. The lowest BCUT2D eigenvalue weighted by Gasteiger charge is -2.38. The maximum Gasteiger partial charge on any atom is 0.219 e. The minimum atomic E-state index is 0.522. The Hall–Kier alpha value is -0.780. The first-order chi connectivity index (χ1) is 7.28. The van der Waals surface area contributed by atoms with E-state index in [4.69, 9.17) is 0 Å². The molecule has 1 aliphatic carbocycles. The zero-order chi connectivity index (χ0) is 10.3. The molecule has 3 rings (SSSR count). The molecule has 0 radical (unpaired) electrons. The number of hydrogen-bond acceptors (Lipinski definition) is 3. The SMILES string of the molecule is BrC1CC(N[N+]23C=CN=CC2=CN=C3)C1. The van der Waals surface area contributed by atoms with E-state index in [1.54, 1.807) is 0 Å². The second-order valence-electron chi connectivity index (χ2n) is 4.07. The standard InChI is InChI=1S/C10H12BrN4/c11-8-3-9(4-8)14-15-2-1-12-5-10(15)6-13-7-15/h1-2,5-9,14H,3-4H2/q+1. The van der Waals surface area contributed by atoms with Gasteiger partial charge in [0.2, 0.25) is 6.34 Å². The molecule has 2 heterocycles. The summed E-state index contributed by atoms with van der Waals surface area (Å²) in [5.41, 5.74) is 4.65. The van der Waals surface area contributed by atoms with E-state index in [-0.39, 0.29) is 0 Å². The van der Waals surface area contributed by atoms with Gasteiger partial charge in [-0.25, -0.2) is 4.99 Å². The van der Waals surface area contributed by atoms with Crippen LogP contribution in [0.3, 0.4) is 0 Å². The van der Waals surface area contributed by atoms with Crippen molar-refractivity contribution in [3.05, 3.63) is 24.3 Å². The molecule has 4 nitrogen and oxygen atoms in total. The van der Waals surface area contributed by atoms with Crippen molar-refractivity contribution in [1.82, 2.24) is 5.43 Å². The van der Waals surface area contributed by atoms with Crippen LogP contribution in [0.5, 0.6) is 0 Å². The van der Waals surface area contributed by atoms with Crippen LogP contribution in [0.2, 0.25) is 0 Å². The number of allylic oxidation sites excluding steroid dienone is 1. The molecule has 0 saturated heterocycles. The zero-order valence-electron chi connectivity index (χ0n) is 8.18. The van der Waals surface area contributed by atoms with Crippen molar-refractivity contribution in [3.63, 3.8) is 0 Å². The molecule has 3 aliphatic rings. The van der Waals surface area contributed by atoms with E-state index in [2.05, 4.69) is 31.3 Å². The third-order valence-electron chi connectivity index (χ3n) is 2.95. The van der Waals surface area contributed by atoms with Crippen molar-refractivity contribution in [2.45, 2.75) is 23.7 Å². The molecule has 0 bridgehead atoms. The van der Waals surface area contributed by atoms with E-state index < -0.39 is 0 Å². The van der Waals surface area contributed by atoms with Gasteiger partial charge in [-0.3, -0.25) is 4.99 Å². The monoisotopic (exact) mass is 267 g/mol. The first-order valence-electron chi connectivity index (χ1n) is 5.05. The number of aliphatic imine (C=N–C) groups is 2. The highest BCUT2D eigenvalue weighted by Gasteiger charge is 2.40. The van der Waals surface area contributed by atoms with Gasteiger partial charge in [0.15, 0.2) is 5.70 Å². The van der Waals surface area contributed by atoms with E-state index >= 15 is 0 Å². The predicted molar refractivity (Wildman–Crippen MR) is 63.3 cm³/mol. The fraction of sp³-hybridized carbons (Fsp3) is 0.400. The molecule has 15 heavy (non-hydrogen) atoms. The Labute approximate surface area is 96.8 Å². The normalized spacial score (nSPS) is 41.3. The van der Waals surface area contributed by atoms with E-state index in [1.807, 2.05) is 31.2 Å². The van der Waals surface area contributed by atoms with Crippen molar-refractivity contribution in [3.8, 4) is 0 Å². The molecule has 78 valence electrons. The lowest BCUT2D eigenvalue weighted by atomic mass is 9.93. The molecule has 2 aliphatic heterocycles. The molecule has 0 aromatic heterocycles. The van der Waals surface area contributed by atoms with E-state index in [1.165, 1.54) is 12.8 Å². The maximum absolute atomic E-state index is 4.20. The Morgan fingerprint density at radius 1 is 1.40 bits per heavy atom. The molecule has 5 heteroatoms. The van der Waals surface area contributed by atoms with Crippen molar-refractivity contribution < 1.29 is 4.59 Å². The number of nitrogens with one attached hydrogen (secondary N) is 1. The summed E-state index contributed by atoms with van der Waals surface area (Å²) >= 11 is 3.60. The second-order valence-corrected chi connectivity index (χ2v) is 5.36. The van der Waals surface area contributed by atoms with Crippen LogP contribution < -0.4 is 5.43 Å². The Bertz CT molecular complexity index is 392. The van der Waals surface area contributed by atoms with Gasteiger partial charge in [-0.1, -0.05) is 15.9 Å². The van der Waals surface area contributed by atoms with Gasteiger partial charge in [0.05, 0.1) is 24.7 Å². The van der Waals surface area contributed by atoms with Gasteiger partial charge in [0, 0.05) is 4.83 Å². The van der Waals surface area contributed by atoms with Crippen molar-refractivity contribution in [2.24, 2.45) is 9.98 Å². The van der Waals surface area contributed by atoms with Gasteiger partial charge < -0.3 is 0 Å². The Kier molecular flexibility index (Phi) is 2.12. The van der Waals surface area contributed by atoms with Crippen LogP contribution in [-0.2, 0) is 0 Å². The van der Waals surface area contributed by atoms with Crippen LogP contribution >= 0.6 is 15.9 Å². The minimum Gasteiger partial charge on any atom is -0.253 e. The van der Waals surface area contributed by atoms with E-state index in [9.17, 15) is 0 Å². The van der Waals surface area contributed by atoms with Gasteiger partial charge in [-0.2, -0.15) is 0 Å². The van der Waals surface area contributed by atoms with Gasteiger partial charge in [-0.15, -0.1) is 10.0 Å². The summed E-state index contributed by atoms with van der Waals surface area (Å²) in [6, 6.07) is 0.554. The summed E-state index contributed by atoms with van der Waals surface area (Å²) < 4.78 is 0.522. The van der Waals surface area contributed by atoms with E-state index in [0.717, 1.165) is 5.70 Å². The Morgan fingerprint density at radius 2 is 2.27 bits per heavy atom. The zero-order valence-corrected chi connectivity index (χ0v) is 9.76. The van der Waals surface area contributed by atoms with Crippen molar-refractivity contribution >= 4 is 28.5 Å². The van der Waals surface area contributed by atoms with Crippen LogP contribution in [-0.4, -0.2) is 28.0 Å². The molecule has 1 saturated carbocycles. The largest absolute Gasteiger partial charge is 0.253 e. The second kappa shape index (κ2) is 3.37. The molecular formula is C10H12BrN4+. The fourth-order valence-electron chi connectivity index (χ4n) is 2.00. The van der Waals surface area contributed by atoms with Gasteiger partial charge >= 0.3 is 0 Å². The third kappa shape index (κ3) is 1.51. The van der Waals surface area contributed by atoms with Crippen molar-refractivity contribution in [2.75, 3.05) is 0 Å². The number of quaternary nitrogens is 1. The minimum absolute atomic E-state index is 0.522. The number of fused-ring (bicyclic) bond motifs is 1. The van der Waals surface area contributed by atoms with E-state index in [0.29, 0.717) is 15.5 Å². The van der Waals surface area contributed by atoms with Crippen LogP contribution in [0.15, 0.2) is 34.3 Å². The molecule has 0 aromatic rings. The van der Waals surface area contributed by atoms with Gasteiger partial charge in [0.1, 0.15) is 6.20 Å². The molecule has 1 atom stereocenters. The van der Waals surface area contributed by atoms with Crippen LogP contribution in [0.4, 0.5) is 0 Å². The Morgan fingerprint density at radius 3 is 3.07 bits per heavy atom. The molecule has 0 spiro atoms. The number of halogens is 1. The number of hydrogen-bond donors (Lipinski definition) is 1. The van der Waals surface area contributed by atoms with Crippen LogP contribution in [0, 0.1) is 0 Å². The van der Waals surface area contributed by atoms with Gasteiger partial charge in [-0.05, 0) is 12.8 Å². The first-order valence-corrected chi connectivity index (χ1v) is 5.96. The summed E-state index contributed by atoms with van der Waals surface area (Å²) in [5.74, 6) is 0. The maximum atomic E-state index is 4.20. The third-order valence-corrected chi connectivity index (χ3v) is 3.70. The number of rotatable bonds is 2. The topological polar surface area (TPSA) is 36.8 Å². The highest BCUT2D eigenvalue weighted by molar-refractivity contribution is 9.09. The summed E-state index contributed by atoms with van der Waals surface area (Å²) in [6.45, 7) is 0. The molecule has 1 N–H and O–H groups in total. The first kappa shape index (κ1) is 9.45. The number of nitrogens with zero attached hydrogens (tertiary/aromatic N) is 3. The smallest absolute Gasteiger partial charge is 0.219 e. The highest BCUT2D eigenvalue weighted by Crippen LogP contribution is 2.30.